The first-order valence-electron chi connectivity index (χ1n) is 6.89. The van der Waals surface area contributed by atoms with E-state index in [1.54, 1.807) is 12.1 Å². The second-order valence-corrected chi connectivity index (χ2v) is 5.21. The van der Waals surface area contributed by atoms with Crippen LogP contribution in [0.1, 0.15) is 11.1 Å². The Morgan fingerprint density at radius 3 is 2.82 bits per heavy atom. The van der Waals surface area contributed by atoms with Gasteiger partial charge in [0.1, 0.15) is 5.69 Å². The number of aromatic amines is 2. The Bertz CT molecular complexity index is 1040. The van der Waals surface area contributed by atoms with Crippen LogP contribution in [0, 0.1) is 11.3 Å². The molecule has 0 radical (unpaired) electrons. The molecule has 5 heteroatoms. The molecule has 0 amide bonds. The molecular formula is C17H12N4O. The van der Waals surface area contributed by atoms with Crippen molar-refractivity contribution in [3.8, 4) is 17.5 Å². The molecule has 0 aliphatic heterocycles. The van der Waals surface area contributed by atoms with Crippen molar-refractivity contribution in [1.82, 2.24) is 15.2 Å². The molecule has 22 heavy (non-hydrogen) atoms. The van der Waals surface area contributed by atoms with Gasteiger partial charge in [0.2, 0.25) is 0 Å². The van der Waals surface area contributed by atoms with Crippen molar-refractivity contribution in [2.24, 2.45) is 0 Å². The first-order chi connectivity index (χ1) is 10.8. The molecule has 4 rings (SSSR count). The summed E-state index contributed by atoms with van der Waals surface area (Å²) in [6.07, 6.45) is 0. The van der Waals surface area contributed by atoms with Crippen LogP contribution in [0.3, 0.4) is 0 Å². The highest BCUT2D eigenvalue weighted by Crippen LogP contribution is 2.29. The number of aliphatic hydroxyl groups excluding tert-OH is 1. The number of benzene rings is 2. The van der Waals surface area contributed by atoms with Gasteiger partial charge in [0.05, 0.1) is 29.5 Å². The van der Waals surface area contributed by atoms with Gasteiger partial charge in [-0.3, -0.25) is 5.10 Å². The van der Waals surface area contributed by atoms with E-state index in [4.69, 9.17) is 5.26 Å². The molecule has 0 saturated carbocycles. The zero-order valence-electron chi connectivity index (χ0n) is 11.6. The average molecular weight is 288 g/mol. The minimum atomic E-state index is 0.0265. The first kappa shape index (κ1) is 12.6. The van der Waals surface area contributed by atoms with Crippen LogP contribution in [-0.2, 0) is 6.61 Å². The van der Waals surface area contributed by atoms with Gasteiger partial charge in [-0.15, -0.1) is 0 Å². The quantitative estimate of drug-likeness (QED) is 0.529. The van der Waals surface area contributed by atoms with E-state index in [9.17, 15) is 5.11 Å². The number of H-pyrrole nitrogens is 2. The van der Waals surface area contributed by atoms with Crippen molar-refractivity contribution in [2.75, 3.05) is 0 Å². The van der Waals surface area contributed by atoms with Gasteiger partial charge in [-0.2, -0.15) is 10.4 Å². The molecule has 4 aromatic rings. The average Bonchev–Trinajstić information content (AvgIpc) is 3.16. The van der Waals surface area contributed by atoms with Crippen molar-refractivity contribution in [1.29, 1.82) is 5.26 Å². The van der Waals surface area contributed by atoms with Crippen molar-refractivity contribution >= 4 is 21.8 Å². The van der Waals surface area contributed by atoms with Crippen molar-refractivity contribution < 1.29 is 5.11 Å². The fourth-order valence-electron chi connectivity index (χ4n) is 2.70. The number of hydrogen-bond acceptors (Lipinski definition) is 3. The Hall–Kier alpha value is -3.10. The molecule has 2 aromatic heterocycles. The predicted octanol–water partition coefficient (Wildman–Crippen LogP) is 3.08. The van der Waals surface area contributed by atoms with E-state index >= 15 is 0 Å². The van der Waals surface area contributed by atoms with Gasteiger partial charge in [0, 0.05) is 16.3 Å². The molecule has 106 valence electrons. The fraction of sp³-hybridized carbons (Fsp3) is 0.0588. The molecule has 2 heterocycles. The van der Waals surface area contributed by atoms with Gasteiger partial charge < -0.3 is 10.1 Å². The highest BCUT2D eigenvalue weighted by molar-refractivity contribution is 5.96. The van der Waals surface area contributed by atoms with Gasteiger partial charge >= 0.3 is 0 Å². The van der Waals surface area contributed by atoms with Crippen LogP contribution in [0.25, 0.3) is 33.2 Å². The summed E-state index contributed by atoms with van der Waals surface area (Å²) in [6, 6.07) is 15.4. The molecule has 0 spiro atoms. The van der Waals surface area contributed by atoms with E-state index in [0.717, 1.165) is 38.8 Å². The minimum Gasteiger partial charge on any atom is -0.392 e. The van der Waals surface area contributed by atoms with Crippen LogP contribution in [0.2, 0.25) is 0 Å². The Balaban J connectivity index is 1.89. The van der Waals surface area contributed by atoms with E-state index in [2.05, 4.69) is 21.3 Å². The lowest BCUT2D eigenvalue weighted by molar-refractivity contribution is 0.282. The van der Waals surface area contributed by atoms with E-state index in [-0.39, 0.29) is 6.61 Å². The summed E-state index contributed by atoms with van der Waals surface area (Å²) >= 11 is 0. The van der Waals surface area contributed by atoms with Crippen LogP contribution in [0.4, 0.5) is 0 Å². The topological polar surface area (TPSA) is 88.5 Å². The number of nitriles is 1. The number of nitrogens with one attached hydrogen (secondary N) is 2. The van der Waals surface area contributed by atoms with Crippen LogP contribution >= 0.6 is 0 Å². The minimum absolute atomic E-state index is 0.0265. The van der Waals surface area contributed by atoms with Crippen molar-refractivity contribution in [3.05, 3.63) is 53.6 Å². The molecule has 3 N–H and O–H groups in total. The number of fused-ring (bicyclic) bond motifs is 2. The van der Waals surface area contributed by atoms with E-state index < -0.39 is 0 Å². The maximum atomic E-state index is 9.22. The summed E-state index contributed by atoms with van der Waals surface area (Å²) in [6.45, 7) is 0.0265. The summed E-state index contributed by atoms with van der Waals surface area (Å²) in [5.74, 6) is 0. The summed E-state index contributed by atoms with van der Waals surface area (Å²) in [5.41, 5.74) is 5.04. The highest BCUT2D eigenvalue weighted by atomic mass is 16.3. The van der Waals surface area contributed by atoms with Crippen LogP contribution in [0.15, 0.2) is 42.5 Å². The fourth-order valence-corrected chi connectivity index (χ4v) is 2.70. The molecule has 0 saturated heterocycles. The largest absolute Gasteiger partial charge is 0.392 e. The zero-order valence-corrected chi connectivity index (χ0v) is 11.6. The second kappa shape index (κ2) is 4.72. The summed E-state index contributed by atoms with van der Waals surface area (Å²) in [5, 5.41) is 27.5. The molecule has 0 aliphatic carbocycles. The first-order valence-corrected chi connectivity index (χ1v) is 6.89. The monoisotopic (exact) mass is 288 g/mol. The Morgan fingerprint density at radius 2 is 2.00 bits per heavy atom. The van der Waals surface area contributed by atoms with Gasteiger partial charge in [0.15, 0.2) is 0 Å². The lowest BCUT2D eigenvalue weighted by atomic mass is 10.1. The molecule has 0 atom stereocenters. The van der Waals surface area contributed by atoms with Gasteiger partial charge in [-0.25, -0.2) is 0 Å². The number of aromatic nitrogens is 3. The van der Waals surface area contributed by atoms with Gasteiger partial charge in [-0.05, 0) is 42.0 Å². The van der Waals surface area contributed by atoms with Crippen LogP contribution < -0.4 is 0 Å². The van der Waals surface area contributed by atoms with Crippen LogP contribution in [0.5, 0.6) is 0 Å². The third-order valence-corrected chi connectivity index (χ3v) is 3.81. The number of nitrogens with zero attached hydrogens (tertiary/aromatic N) is 2. The lowest BCUT2D eigenvalue weighted by Gasteiger charge is -1.94. The lowest BCUT2D eigenvalue weighted by Crippen LogP contribution is -1.80. The third kappa shape index (κ3) is 1.86. The molecule has 0 unspecified atom stereocenters. The normalized spacial score (nSPS) is 11.1. The van der Waals surface area contributed by atoms with E-state index in [1.165, 1.54) is 0 Å². The SMILES string of the molecule is N#Cc1ccc2c(-c3cc4cc(CO)ccc4[nH]3)n[nH]c2c1. The maximum absolute atomic E-state index is 9.22. The molecule has 5 nitrogen and oxygen atoms in total. The van der Waals surface area contributed by atoms with Crippen molar-refractivity contribution in [3.63, 3.8) is 0 Å². The number of aliphatic hydroxyl groups is 1. The maximum Gasteiger partial charge on any atom is 0.116 e. The van der Waals surface area contributed by atoms with Crippen molar-refractivity contribution in [2.45, 2.75) is 6.61 Å². The summed E-state index contributed by atoms with van der Waals surface area (Å²) in [7, 11) is 0. The highest BCUT2D eigenvalue weighted by Gasteiger charge is 2.11. The zero-order chi connectivity index (χ0) is 15.1. The van der Waals surface area contributed by atoms with Crippen LogP contribution in [-0.4, -0.2) is 20.3 Å². The number of hydrogen-bond donors (Lipinski definition) is 3. The summed E-state index contributed by atoms with van der Waals surface area (Å²) in [4.78, 5) is 3.34. The summed E-state index contributed by atoms with van der Waals surface area (Å²) < 4.78 is 0. The van der Waals surface area contributed by atoms with E-state index in [1.807, 2.05) is 30.3 Å². The molecule has 2 aromatic carbocycles. The Labute approximate surface area is 125 Å². The second-order valence-electron chi connectivity index (χ2n) is 5.21. The Kier molecular flexibility index (Phi) is 2.71. The van der Waals surface area contributed by atoms with E-state index in [0.29, 0.717) is 5.56 Å². The molecule has 0 fully saturated rings. The number of rotatable bonds is 2. The smallest absolute Gasteiger partial charge is 0.116 e. The standard InChI is InChI=1S/C17H12N4O/c18-8-10-1-3-13-15(6-10)20-21-17(13)16-7-12-5-11(9-22)2-4-14(12)19-16/h1-7,19,22H,9H2,(H,20,21). The molecular weight excluding hydrogens is 276 g/mol. The third-order valence-electron chi connectivity index (χ3n) is 3.81. The van der Waals surface area contributed by atoms with Gasteiger partial charge in [0.25, 0.3) is 0 Å². The van der Waals surface area contributed by atoms with Gasteiger partial charge in [-0.1, -0.05) is 6.07 Å². The predicted molar refractivity (Wildman–Crippen MR) is 84.0 cm³/mol. The Morgan fingerprint density at radius 1 is 1.09 bits per heavy atom. The molecule has 0 bridgehead atoms. The molecule has 0 aliphatic rings.